The van der Waals surface area contributed by atoms with Crippen molar-refractivity contribution in [3.8, 4) is 5.75 Å². The molecule has 0 unspecified atom stereocenters. The van der Waals surface area contributed by atoms with E-state index in [1.165, 1.54) is 38.4 Å². The van der Waals surface area contributed by atoms with Gasteiger partial charge in [0.1, 0.15) is 11.7 Å². The van der Waals surface area contributed by atoms with Crippen molar-refractivity contribution in [2.75, 3.05) is 19.0 Å². The van der Waals surface area contributed by atoms with Gasteiger partial charge in [0.25, 0.3) is 5.91 Å². The molecular weight excluding hydrogens is 422 g/mol. The summed E-state index contributed by atoms with van der Waals surface area (Å²) in [6, 6.07) is 5.40. The predicted octanol–water partition coefficient (Wildman–Crippen LogP) is 3.10. The topological polar surface area (TPSA) is 101 Å². The highest BCUT2D eigenvalue weighted by molar-refractivity contribution is 5.95. The molecule has 32 heavy (non-hydrogen) atoms. The smallest absolute Gasteiger partial charge is 0.254 e. The van der Waals surface area contributed by atoms with Gasteiger partial charge in [-0.25, -0.2) is 4.39 Å². The second-order valence-electron chi connectivity index (χ2n) is 8.79. The van der Waals surface area contributed by atoms with Gasteiger partial charge in [0.05, 0.1) is 25.0 Å². The van der Waals surface area contributed by atoms with Crippen LogP contribution in [0.1, 0.15) is 44.9 Å². The average Bonchev–Trinajstić information content (AvgIpc) is 2.99. The van der Waals surface area contributed by atoms with Crippen molar-refractivity contribution in [2.24, 2.45) is 5.92 Å². The number of carbonyl (C=O) groups excluding carboxylic acids is 1. The van der Waals surface area contributed by atoms with Gasteiger partial charge < -0.3 is 25.0 Å². The van der Waals surface area contributed by atoms with Crippen LogP contribution in [-0.2, 0) is 15.1 Å². The van der Waals surface area contributed by atoms with Crippen LogP contribution in [0.4, 0.5) is 14.5 Å². The van der Waals surface area contributed by atoms with Gasteiger partial charge >= 0.3 is 0 Å². The van der Waals surface area contributed by atoms with Crippen LogP contribution in [0.25, 0.3) is 0 Å². The van der Waals surface area contributed by atoms with Crippen molar-refractivity contribution >= 4 is 11.6 Å². The number of hydrogen-bond donors (Lipinski definition) is 3. The Morgan fingerprint density at radius 1 is 1.34 bits per heavy atom. The van der Waals surface area contributed by atoms with Gasteiger partial charge in [0.2, 0.25) is 5.82 Å². The number of pyridine rings is 1. The molecule has 7 nitrogen and oxygen atoms in total. The SMILES string of the molecule is COc1c([C@@H]2[C@@H](C(=O)Nc3ccnc([C@@](C)(O)CO)c3)OC(C)(C)[C@H]2C)ccc(F)c1F. The zero-order chi connectivity index (χ0) is 23.8. The van der Waals surface area contributed by atoms with Crippen LogP contribution in [0.3, 0.4) is 0 Å². The highest BCUT2D eigenvalue weighted by Crippen LogP contribution is 2.49. The van der Waals surface area contributed by atoms with Crippen molar-refractivity contribution in [1.29, 1.82) is 0 Å². The number of methoxy groups -OCH3 is 1. The minimum atomic E-state index is -1.58. The van der Waals surface area contributed by atoms with Gasteiger partial charge in [0.15, 0.2) is 11.6 Å². The monoisotopic (exact) mass is 450 g/mol. The van der Waals surface area contributed by atoms with Gasteiger partial charge in [-0.05, 0) is 44.9 Å². The molecule has 1 saturated heterocycles. The Bertz CT molecular complexity index is 1010. The lowest BCUT2D eigenvalue weighted by molar-refractivity contribution is -0.131. The second kappa shape index (κ2) is 8.73. The first-order valence-electron chi connectivity index (χ1n) is 10.2. The maximum atomic E-state index is 14.4. The fourth-order valence-electron chi connectivity index (χ4n) is 3.97. The minimum absolute atomic E-state index is 0.178. The Morgan fingerprint density at radius 3 is 2.66 bits per heavy atom. The largest absolute Gasteiger partial charge is 0.493 e. The van der Waals surface area contributed by atoms with Gasteiger partial charge in [-0.2, -0.15) is 4.39 Å². The summed E-state index contributed by atoms with van der Waals surface area (Å²) in [6.45, 7) is 6.38. The van der Waals surface area contributed by atoms with Crippen molar-refractivity contribution in [3.63, 3.8) is 0 Å². The summed E-state index contributed by atoms with van der Waals surface area (Å²) in [5.41, 5.74) is -1.46. The third kappa shape index (κ3) is 4.32. The Hall–Kier alpha value is -2.62. The Labute approximate surface area is 185 Å². The number of halogens is 2. The van der Waals surface area contributed by atoms with E-state index in [1.807, 2.05) is 20.8 Å². The fraction of sp³-hybridized carbons (Fsp3) is 0.478. The quantitative estimate of drug-likeness (QED) is 0.625. The molecule has 0 radical (unpaired) electrons. The van der Waals surface area contributed by atoms with Crippen LogP contribution in [0.15, 0.2) is 30.5 Å². The zero-order valence-corrected chi connectivity index (χ0v) is 18.6. The summed E-state index contributed by atoms with van der Waals surface area (Å²) >= 11 is 0. The van der Waals surface area contributed by atoms with Crippen LogP contribution in [0.2, 0.25) is 0 Å². The number of nitrogens with zero attached hydrogens (tertiary/aromatic N) is 1. The van der Waals surface area contributed by atoms with E-state index in [-0.39, 0.29) is 17.4 Å². The third-order valence-electron chi connectivity index (χ3n) is 6.18. The first-order valence-corrected chi connectivity index (χ1v) is 10.2. The van der Waals surface area contributed by atoms with E-state index >= 15 is 0 Å². The van der Waals surface area contributed by atoms with E-state index in [2.05, 4.69) is 10.3 Å². The van der Waals surface area contributed by atoms with E-state index in [1.54, 1.807) is 0 Å². The Morgan fingerprint density at radius 2 is 2.03 bits per heavy atom. The van der Waals surface area contributed by atoms with Crippen molar-refractivity contribution in [1.82, 2.24) is 4.98 Å². The first-order chi connectivity index (χ1) is 14.9. The molecular formula is C23H28F2N2O5. The highest BCUT2D eigenvalue weighted by Gasteiger charge is 2.51. The van der Waals surface area contributed by atoms with E-state index < -0.39 is 47.4 Å². The standard InChI is InChI=1S/C23H28F2N2O5/c1-12-17(14-6-7-15(24)18(25)19(14)31-5)20(32-22(12,2)3)21(29)27-13-8-9-26-16(10-13)23(4,30)11-28/h6-10,12,17,20,28,30H,11H2,1-5H3,(H,26,27,29)/t12-,17+,20-,23-/m0/s1. The molecule has 2 aromatic rings. The number of amides is 1. The van der Waals surface area contributed by atoms with Gasteiger partial charge in [-0.3, -0.25) is 9.78 Å². The minimum Gasteiger partial charge on any atom is -0.493 e. The van der Waals surface area contributed by atoms with Gasteiger partial charge in [-0.15, -0.1) is 0 Å². The maximum Gasteiger partial charge on any atom is 0.254 e. The number of aliphatic hydroxyl groups excluding tert-OH is 1. The van der Waals surface area contributed by atoms with Crippen LogP contribution >= 0.6 is 0 Å². The van der Waals surface area contributed by atoms with Crippen molar-refractivity contribution < 1.29 is 33.3 Å². The van der Waals surface area contributed by atoms with E-state index in [0.717, 1.165) is 6.07 Å². The average molecular weight is 450 g/mol. The van der Waals surface area contributed by atoms with Crippen molar-refractivity contribution in [2.45, 2.75) is 50.9 Å². The summed E-state index contributed by atoms with van der Waals surface area (Å²) in [4.78, 5) is 17.3. The number of aliphatic hydroxyl groups is 2. The number of nitrogens with one attached hydrogen (secondary N) is 1. The molecule has 174 valence electrons. The van der Waals surface area contributed by atoms with Crippen LogP contribution in [0, 0.1) is 17.6 Å². The summed E-state index contributed by atoms with van der Waals surface area (Å²) in [5.74, 6) is -3.77. The van der Waals surface area contributed by atoms with E-state index in [0.29, 0.717) is 11.3 Å². The molecule has 9 heteroatoms. The number of hydrogen-bond acceptors (Lipinski definition) is 6. The van der Waals surface area contributed by atoms with Gasteiger partial charge in [-0.1, -0.05) is 13.0 Å². The highest BCUT2D eigenvalue weighted by atomic mass is 19.2. The normalized spacial score (nSPS) is 24.1. The number of benzene rings is 1. The van der Waals surface area contributed by atoms with E-state index in [4.69, 9.17) is 9.47 Å². The van der Waals surface area contributed by atoms with Gasteiger partial charge in [0, 0.05) is 23.4 Å². The molecule has 1 fully saturated rings. The molecule has 1 aromatic carbocycles. The molecule has 3 N–H and O–H groups in total. The Kier molecular flexibility index (Phi) is 6.55. The number of anilines is 1. The number of aromatic nitrogens is 1. The molecule has 0 aliphatic carbocycles. The summed E-state index contributed by atoms with van der Waals surface area (Å²) in [6.07, 6.45) is 0.376. The predicted molar refractivity (Wildman–Crippen MR) is 113 cm³/mol. The maximum absolute atomic E-state index is 14.4. The molecule has 2 heterocycles. The van der Waals surface area contributed by atoms with Crippen molar-refractivity contribution in [3.05, 3.63) is 53.4 Å². The zero-order valence-electron chi connectivity index (χ0n) is 18.6. The fourth-order valence-corrected chi connectivity index (χ4v) is 3.97. The lowest BCUT2D eigenvalue weighted by Gasteiger charge is -2.26. The lowest BCUT2D eigenvalue weighted by Crippen LogP contribution is -2.33. The molecule has 0 bridgehead atoms. The molecule has 1 amide bonds. The first kappa shape index (κ1) is 24.0. The van der Waals surface area contributed by atoms with Crippen LogP contribution in [0.5, 0.6) is 5.75 Å². The Balaban J connectivity index is 1.97. The molecule has 3 rings (SSSR count). The second-order valence-corrected chi connectivity index (χ2v) is 8.79. The van der Waals surface area contributed by atoms with E-state index in [9.17, 15) is 23.8 Å². The lowest BCUT2D eigenvalue weighted by atomic mass is 9.78. The molecule has 0 saturated carbocycles. The molecule has 1 aliphatic rings. The molecule has 0 spiro atoms. The summed E-state index contributed by atoms with van der Waals surface area (Å²) in [5, 5.41) is 22.3. The number of rotatable bonds is 6. The molecule has 1 aromatic heterocycles. The summed E-state index contributed by atoms with van der Waals surface area (Å²) < 4.78 is 39.4. The van der Waals surface area contributed by atoms with Crippen LogP contribution < -0.4 is 10.1 Å². The number of ether oxygens (including phenoxy) is 2. The molecule has 4 atom stereocenters. The third-order valence-corrected chi connectivity index (χ3v) is 6.18. The molecule has 1 aliphatic heterocycles. The number of carbonyl (C=O) groups is 1. The summed E-state index contributed by atoms with van der Waals surface area (Å²) in [7, 11) is 1.24. The van der Waals surface area contributed by atoms with Crippen LogP contribution in [-0.4, -0.2) is 46.5 Å².